The van der Waals surface area contributed by atoms with Gasteiger partial charge in [0, 0.05) is 65.7 Å². The zero-order valence-corrected chi connectivity index (χ0v) is 33.2. The Morgan fingerprint density at radius 3 is 1.46 bits per heavy atom. The standard InChI is InChI=1S/C50H20N2O6.Na/c1-3-5-7-9-11-13-15-17-19-21-23-25-27-29-31-36-42-58-50(57)46(43-44-37-33-32-34-38-44)52-49(56)45(40-41-48(54)55)51-47(53)39-35-30-28-26-24-22-20-18-16-14-12-10-8-6-4-2;/h1,32-34,37-38,45-46H,40-41,43H2,2H3,(H,51,53)(H,52,56)(H,54,55);/q;+1/p-1. The first-order chi connectivity index (χ1) is 28.4. The number of hydrogen-bond donors (Lipinski definition) is 2. The Labute approximate surface area is 367 Å². The second-order valence-electron chi connectivity index (χ2n) is 9.36. The number of esters is 1. The number of nitrogens with one attached hydrogen (secondary N) is 2. The van der Waals surface area contributed by atoms with Crippen molar-refractivity contribution < 1.29 is 58.6 Å². The minimum absolute atomic E-state index is 0. The molecule has 0 heterocycles. The molecule has 0 fully saturated rings. The van der Waals surface area contributed by atoms with Gasteiger partial charge in [0.15, 0.2) is 0 Å². The van der Waals surface area contributed by atoms with E-state index in [1.165, 1.54) is 0 Å². The van der Waals surface area contributed by atoms with Crippen LogP contribution in [0, 0.1) is 202 Å². The van der Waals surface area contributed by atoms with Crippen molar-refractivity contribution in [1.29, 1.82) is 0 Å². The molecule has 2 N–H and O–H groups in total. The molecule has 0 radical (unpaired) electrons. The molecular weight excluding hydrogens is 748 g/mol. The molecule has 1 aromatic carbocycles. The first-order valence-corrected chi connectivity index (χ1v) is 15.8. The number of aliphatic carboxylic acids is 1. The van der Waals surface area contributed by atoms with Crippen molar-refractivity contribution in [1.82, 2.24) is 10.6 Å². The summed E-state index contributed by atoms with van der Waals surface area (Å²) in [5, 5.41) is 15.9. The molecule has 0 saturated carbocycles. The fourth-order valence-electron chi connectivity index (χ4n) is 3.18. The molecule has 0 aromatic heterocycles. The monoisotopic (exact) mass is 766 g/mol. The number of benzene rings is 1. The second kappa shape index (κ2) is 35.6. The number of hydrogen-bond acceptors (Lipinski definition) is 6. The molecule has 59 heavy (non-hydrogen) atoms. The van der Waals surface area contributed by atoms with Crippen LogP contribution >= 0.6 is 0 Å². The summed E-state index contributed by atoms with van der Waals surface area (Å²) in [6, 6.07) is 5.85. The average Bonchev–Trinajstić information content (AvgIpc) is 3.21. The minimum atomic E-state index is -1.48. The minimum Gasteiger partial charge on any atom is -0.550 e. The number of carboxylic acids is 1. The van der Waals surface area contributed by atoms with E-state index in [0.29, 0.717) is 5.56 Å². The topological polar surface area (TPSA) is 125 Å². The van der Waals surface area contributed by atoms with Gasteiger partial charge in [-0.3, -0.25) is 9.59 Å². The fraction of sp³-hybridized carbons (Fsp3) is 0.120. The molecule has 2 atom stereocenters. The van der Waals surface area contributed by atoms with Crippen LogP contribution in [0.2, 0.25) is 0 Å². The van der Waals surface area contributed by atoms with E-state index in [2.05, 4.69) is 206 Å². The molecule has 1 rings (SSSR count). The summed E-state index contributed by atoms with van der Waals surface area (Å²) in [5.74, 6) is 72.5. The van der Waals surface area contributed by atoms with Crippen molar-refractivity contribution in [2.24, 2.45) is 0 Å². The van der Waals surface area contributed by atoms with Gasteiger partial charge in [0.2, 0.25) is 5.91 Å². The molecule has 0 saturated heterocycles. The average molecular weight is 767 g/mol. The van der Waals surface area contributed by atoms with Crippen LogP contribution in [0.4, 0.5) is 0 Å². The van der Waals surface area contributed by atoms with Crippen LogP contribution in [0.3, 0.4) is 0 Å². The largest absolute Gasteiger partial charge is 1.00 e. The number of amides is 2. The molecule has 2 unspecified atom stereocenters. The van der Waals surface area contributed by atoms with E-state index >= 15 is 0 Å². The van der Waals surface area contributed by atoms with Gasteiger partial charge < -0.3 is 25.3 Å². The van der Waals surface area contributed by atoms with Crippen molar-refractivity contribution in [2.45, 2.75) is 38.3 Å². The number of rotatable bonds is 9. The molecular formula is C50H19N2NaO6. The Morgan fingerprint density at radius 2 is 1.02 bits per heavy atom. The van der Waals surface area contributed by atoms with Gasteiger partial charge in [-0.1, -0.05) is 36.3 Å². The predicted octanol–water partition coefficient (Wildman–Crippen LogP) is -4.06. The fourth-order valence-corrected chi connectivity index (χ4v) is 3.18. The molecule has 9 heteroatoms. The molecule has 8 nitrogen and oxygen atoms in total. The van der Waals surface area contributed by atoms with Crippen LogP contribution in [0.15, 0.2) is 30.3 Å². The van der Waals surface area contributed by atoms with E-state index in [4.69, 9.17) is 11.2 Å². The third-order valence-electron chi connectivity index (χ3n) is 5.41. The number of ether oxygens (including phenoxy) is 1. The molecule has 0 aliphatic rings. The van der Waals surface area contributed by atoms with E-state index < -0.39 is 42.3 Å². The van der Waals surface area contributed by atoms with Crippen LogP contribution in [-0.2, 0) is 30.3 Å². The normalized spacial score (nSPS) is 7.53. The summed E-state index contributed by atoms with van der Waals surface area (Å²) in [6.07, 6.45) is 6.04. The molecule has 1 aromatic rings. The van der Waals surface area contributed by atoms with E-state index in [9.17, 15) is 24.3 Å². The number of carboxylic acid groups (broad SMARTS) is 1. The number of carbonyl (C=O) groups is 4. The molecule has 0 spiro atoms. The Kier molecular flexibility index (Phi) is 30.0. The first-order valence-electron chi connectivity index (χ1n) is 15.8. The SMILES string of the molecule is C#CC#CC#CC#CC#CC#CC#CC#CC#COC(=O)C(Cc1ccccc1)NC(=O)C(CCC(=O)[O-])NC(=O)C#CC#CC#CC#CC#CC#CC#CC#CC.[Na+]. The Bertz CT molecular complexity index is 2910. The Balaban J connectivity index is 0.0000336. The third-order valence-corrected chi connectivity index (χ3v) is 5.41. The van der Waals surface area contributed by atoms with Gasteiger partial charge in [-0.25, -0.2) is 4.79 Å². The van der Waals surface area contributed by atoms with E-state index in [1.54, 1.807) is 37.3 Å². The summed E-state index contributed by atoms with van der Waals surface area (Å²) in [7, 11) is 0. The smallest absolute Gasteiger partial charge is 0.550 e. The van der Waals surface area contributed by atoms with Gasteiger partial charge in [0.25, 0.3) is 5.91 Å². The van der Waals surface area contributed by atoms with Gasteiger partial charge in [-0.15, -0.1) is 6.42 Å². The number of terminal acetylenes is 1. The van der Waals surface area contributed by atoms with Crippen LogP contribution < -0.4 is 45.3 Å². The molecule has 2 amide bonds. The van der Waals surface area contributed by atoms with Crippen molar-refractivity contribution >= 4 is 23.8 Å². The zero-order valence-electron chi connectivity index (χ0n) is 31.2. The van der Waals surface area contributed by atoms with Gasteiger partial charge in [0.1, 0.15) is 18.2 Å². The number of carbonyl (C=O) groups excluding carboxylic acids is 4. The third kappa shape index (κ3) is 29.7. The molecule has 0 aliphatic carbocycles. The summed E-state index contributed by atoms with van der Waals surface area (Å²) < 4.78 is 4.97. The van der Waals surface area contributed by atoms with Crippen LogP contribution in [0.1, 0.15) is 25.3 Å². The van der Waals surface area contributed by atoms with Crippen molar-refractivity contribution in [2.75, 3.05) is 0 Å². The van der Waals surface area contributed by atoms with Crippen molar-refractivity contribution in [3.8, 4) is 202 Å². The maximum Gasteiger partial charge on any atom is 1.00 e. The van der Waals surface area contributed by atoms with E-state index in [0.717, 1.165) is 0 Å². The van der Waals surface area contributed by atoms with Gasteiger partial charge in [-0.05, 0) is 156 Å². The summed E-state index contributed by atoms with van der Waals surface area (Å²) in [6.45, 7) is 1.65. The first kappa shape index (κ1) is 49.6. The quantitative estimate of drug-likeness (QED) is 0.150. The van der Waals surface area contributed by atoms with Gasteiger partial charge >= 0.3 is 35.5 Å². The maximum atomic E-state index is 13.2. The molecule has 266 valence electrons. The summed E-state index contributed by atoms with van der Waals surface area (Å²) in [5.41, 5.74) is 0.640. The predicted molar refractivity (Wildman–Crippen MR) is 213 cm³/mol. The van der Waals surface area contributed by atoms with Crippen LogP contribution in [-0.4, -0.2) is 35.8 Å². The van der Waals surface area contributed by atoms with Gasteiger partial charge in [-0.2, -0.15) is 0 Å². The van der Waals surface area contributed by atoms with Crippen molar-refractivity contribution in [3.05, 3.63) is 35.9 Å². The molecule has 0 bridgehead atoms. The van der Waals surface area contributed by atoms with Crippen LogP contribution in [0.5, 0.6) is 0 Å². The zero-order chi connectivity index (χ0) is 42.2. The second-order valence-corrected chi connectivity index (χ2v) is 9.36. The Hall–Kier alpha value is -9.38. The maximum absolute atomic E-state index is 13.2. The molecule has 0 aliphatic heterocycles. The van der Waals surface area contributed by atoms with Gasteiger partial charge in [0.05, 0.1) is 0 Å². The van der Waals surface area contributed by atoms with Crippen LogP contribution in [0.25, 0.3) is 0 Å². The van der Waals surface area contributed by atoms with E-state index in [1.807, 2.05) is 0 Å². The van der Waals surface area contributed by atoms with Crippen molar-refractivity contribution in [3.63, 3.8) is 0 Å². The summed E-state index contributed by atoms with van der Waals surface area (Å²) >= 11 is 0. The Morgan fingerprint density at radius 1 is 0.593 bits per heavy atom. The van der Waals surface area contributed by atoms with E-state index in [-0.39, 0.29) is 42.4 Å². The summed E-state index contributed by atoms with van der Waals surface area (Å²) in [4.78, 5) is 49.9.